The lowest BCUT2D eigenvalue weighted by atomic mass is 10.2. The molecule has 3 heterocycles. The Balaban J connectivity index is 1.54. The maximum absolute atomic E-state index is 12.6. The average Bonchev–Trinajstić information content (AvgIpc) is 3.41. The lowest BCUT2D eigenvalue weighted by molar-refractivity contribution is -0.117. The van der Waals surface area contributed by atoms with E-state index in [1.165, 1.54) is 25.7 Å². The van der Waals surface area contributed by atoms with Gasteiger partial charge in [0.1, 0.15) is 12.4 Å². The minimum Gasteiger partial charge on any atom is -0.493 e. The van der Waals surface area contributed by atoms with Crippen molar-refractivity contribution in [1.29, 1.82) is 0 Å². The summed E-state index contributed by atoms with van der Waals surface area (Å²) in [6, 6.07) is 5.01. The molecule has 1 aromatic carbocycles. The maximum Gasteiger partial charge on any atom is 0.352 e. The van der Waals surface area contributed by atoms with E-state index in [-0.39, 0.29) is 12.3 Å². The smallest absolute Gasteiger partial charge is 0.352 e. The third-order valence-electron chi connectivity index (χ3n) is 5.11. The SMILES string of the molecule is COc1cc(NC(=O)Cn2nc3nc(N4CCCC4)ccn3c2=O)cc(OC)c1OC. The fourth-order valence-electron chi connectivity index (χ4n) is 3.61. The first kappa shape index (κ1) is 20.5. The number of methoxy groups -OCH3 is 3. The van der Waals surface area contributed by atoms with Crippen LogP contribution < -0.4 is 30.1 Å². The van der Waals surface area contributed by atoms with E-state index in [2.05, 4.69) is 20.3 Å². The second-order valence-electron chi connectivity index (χ2n) is 7.05. The Kier molecular flexibility index (Phi) is 5.65. The van der Waals surface area contributed by atoms with Crippen molar-refractivity contribution in [1.82, 2.24) is 19.2 Å². The molecule has 0 unspecified atom stereocenters. The number of carbonyl (C=O) groups excluding carboxylic acids is 1. The van der Waals surface area contributed by atoms with Crippen LogP contribution in [0.15, 0.2) is 29.2 Å². The number of fused-ring (bicyclic) bond motifs is 1. The summed E-state index contributed by atoms with van der Waals surface area (Å²) in [6.45, 7) is 1.61. The van der Waals surface area contributed by atoms with E-state index >= 15 is 0 Å². The summed E-state index contributed by atoms with van der Waals surface area (Å²) < 4.78 is 18.3. The van der Waals surface area contributed by atoms with Gasteiger partial charge in [0.15, 0.2) is 11.5 Å². The van der Waals surface area contributed by atoms with Crippen molar-refractivity contribution in [2.24, 2.45) is 0 Å². The van der Waals surface area contributed by atoms with Crippen LogP contribution in [0, 0.1) is 0 Å². The van der Waals surface area contributed by atoms with E-state index in [4.69, 9.17) is 14.2 Å². The Hall–Kier alpha value is -3.76. The zero-order valence-electron chi connectivity index (χ0n) is 17.6. The molecular formula is C20H24N6O5. The molecule has 1 saturated heterocycles. The minimum absolute atomic E-state index is 0.259. The second kappa shape index (κ2) is 8.54. The Morgan fingerprint density at radius 3 is 2.39 bits per heavy atom. The van der Waals surface area contributed by atoms with E-state index in [9.17, 15) is 9.59 Å². The molecule has 0 radical (unpaired) electrons. The first-order chi connectivity index (χ1) is 15.0. The predicted molar refractivity (Wildman–Crippen MR) is 113 cm³/mol. The van der Waals surface area contributed by atoms with Crippen molar-refractivity contribution < 1.29 is 19.0 Å². The second-order valence-corrected chi connectivity index (χ2v) is 7.05. The lowest BCUT2D eigenvalue weighted by Gasteiger charge is -2.15. The summed E-state index contributed by atoms with van der Waals surface area (Å²) in [5.41, 5.74) is 0.00118. The summed E-state index contributed by atoms with van der Waals surface area (Å²) in [5, 5.41) is 6.95. The molecule has 3 aromatic rings. The number of carbonyl (C=O) groups is 1. The molecule has 0 spiro atoms. The summed E-state index contributed by atoms with van der Waals surface area (Å²) in [7, 11) is 4.47. The Bertz CT molecular complexity index is 1140. The maximum atomic E-state index is 12.6. The van der Waals surface area contributed by atoms with E-state index in [1.807, 2.05) is 0 Å². The van der Waals surface area contributed by atoms with Gasteiger partial charge in [0.2, 0.25) is 11.7 Å². The summed E-state index contributed by atoms with van der Waals surface area (Å²) in [4.78, 5) is 31.8. The van der Waals surface area contributed by atoms with Crippen molar-refractivity contribution in [3.05, 3.63) is 34.9 Å². The fraction of sp³-hybridized carbons (Fsp3) is 0.400. The molecule has 1 N–H and O–H groups in total. The largest absolute Gasteiger partial charge is 0.493 e. The highest BCUT2D eigenvalue weighted by Crippen LogP contribution is 2.39. The van der Waals surface area contributed by atoms with E-state index < -0.39 is 11.6 Å². The van der Waals surface area contributed by atoms with Gasteiger partial charge < -0.3 is 24.4 Å². The zero-order valence-corrected chi connectivity index (χ0v) is 17.6. The number of hydrogen-bond donors (Lipinski definition) is 1. The van der Waals surface area contributed by atoms with Crippen molar-refractivity contribution in [3.8, 4) is 17.2 Å². The first-order valence-corrected chi connectivity index (χ1v) is 9.85. The summed E-state index contributed by atoms with van der Waals surface area (Å²) >= 11 is 0. The fourth-order valence-corrected chi connectivity index (χ4v) is 3.61. The van der Waals surface area contributed by atoms with Crippen LogP contribution in [0.5, 0.6) is 17.2 Å². The number of rotatable bonds is 7. The average molecular weight is 428 g/mol. The first-order valence-electron chi connectivity index (χ1n) is 9.85. The van der Waals surface area contributed by atoms with Crippen LogP contribution in [-0.4, -0.2) is 59.5 Å². The van der Waals surface area contributed by atoms with Crippen molar-refractivity contribution >= 4 is 23.2 Å². The number of ether oxygens (including phenoxy) is 3. The van der Waals surface area contributed by atoms with Crippen LogP contribution in [0.4, 0.5) is 11.5 Å². The van der Waals surface area contributed by atoms with Crippen LogP contribution >= 0.6 is 0 Å². The van der Waals surface area contributed by atoms with Crippen LogP contribution in [-0.2, 0) is 11.3 Å². The number of hydrogen-bond acceptors (Lipinski definition) is 8. The molecule has 4 rings (SSSR count). The van der Waals surface area contributed by atoms with Crippen LogP contribution in [0.1, 0.15) is 12.8 Å². The molecule has 1 aliphatic heterocycles. The number of nitrogens with one attached hydrogen (secondary N) is 1. The van der Waals surface area contributed by atoms with Gasteiger partial charge in [-0.2, -0.15) is 4.98 Å². The van der Waals surface area contributed by atoms with Gasteiger partial charge >= 0.3 is 5.69 Å². The van der Waals surface area contributed by atoms with Gasteiger partial charge in [0, 0.05) is 37.1 Å². The summed E-state index contributed by atoms with van der Waals surface area (Å²) in [6.07, 6.45) is 3.88. The molecule has 0 bridgehead atoms. The molecule has 31 heavy (non-hydrogen) atoms. The van der Waals surface area contributed by atoms with E-state index in [0.29, 0.717) is 22.9 Å². The normalized spacial score (nSPS) is 13.5. The van der Waals surface area contributed by atoms with Gasteiger partial charge in [-0.3, -0.25) is 4.79 Å². The molecule has 1 amide bonds. The monoisotopic (exact) mass is 428 g/mol. The molecule has 11 heteroatoms. The highest BCUT2D eigenvalue weighted by molar-refractivity contribution is 5.91. The number of amides is 1. The van der Waals surface area contributed by atoms with Crippen LogP contribution in [0.25, 0.3) is 5.78 Å². The summed E-state index contributed by atoms with van der Waals surface area (Å²) in [5.74, 6) is 1.83. The lowest BCUT2D eigenvalue weighted by Crippen LogP contribution is -2.28. The van der Waals surface area contributed by atoms with Crippen molar-refractivity contribution in [2.45, 2.75) is 19.4 Å². The Morgan fingerprint density at radius 2 is 1.77 bits per heavy atom. The third kappa shape index (κ3) is 3.98. The molecule has 0 saturated carbocycles. The van der Waals surface area contributed by atoms with Gasteiger partial charge in [-0.1, -0.05) is 0 Å². The van der Waals surface area contributed by atoms with Gasteiger partial charge in [-0.15, -0.1) is 5.10 Å². The highest BCUT2D eigenvalue weighted by Gasteiger charge is 2.18. The van der Waals surface area contributed by atoms with Gasteiger partial charge in [0.25, 0.3) is 5.78 Å². The molecule has 1 aliphatic rings. The van der Waals surface area contributed by atoms with Gasteiger partial charge in [-0.05, 0) is 18.9 Å². The predicted octanol–water partition coefficient (Wildman–Crippen LogP) is 1.16. The molecule has 11 nitrogen and oxygen atoms in total. The van der Waals surface area contributed by atoms with Crippen molar-refractivity contribution in [2.75, 3.05) is 44.6 Å². The van der Waals surface area contributed by atoms with Gasteiger partial charge in [-0.25, -0.2) is 13.9 Å². The third-order valence-corrected chi connectivity index (χ3v) is 5.11. The number of anilines is 2. The van der Waals surface area contributed by atoms with Crippen LogP contribution in [0.2, 0.25) is 0 Å². The highest BCUT2D eigenvalue weighted by atomic mass is 16.5. The van der Waals surface area contributed by atoms with Crippen LogP contribution in [0.3, 0.4) is 0 Å². The number of nitrogens with zero attached hydrogens (tertiary/aromatic N) is 5. The molecule has 0 atom stereocenters. The quantitative estimate of drug-likeness (QED) is 0.597. The molecular weight excluding hydrogens is 404 g/mol. The van der Waals surface area contributed by atoms with Crippen molar-refractivity contribution in [3.63, 3.8) is 0 Å². The van der Waals surface area contributed by atoms with E-state index in [0.717, 1.165) is 36.4 Å². The number of aromatic nitrogens is 4. The Labute approximate surface area is 178 Å². The van der Waals surface area contributed by atoms with Gasteiger partial charge in [0.05, 0.1) is 21.3 Å². The zero-order chi connectivity index (χ0) is 22.0. The molecule has 1 fully saturated rings. The topological polar surface area (TPSA) is 112 Å². The van der Waals surface area contributed by atoms with E-state index in [1.54, 1.807) is 24.4 Å². The molecule has 2 aromatic heterocycles. The molecule has 0 aliphatic carbocycles. The standard InChI is InChI=1S/C20H24N6O5/c1-29-14-10-13(11-15(30-2)18(14)31-3)21-17(27)12-26-20(28)25-9-6-16(22-19(25)23-26)24-7-4-5-8-24/h6,9-11H,4-5,7-8,12H2,1-3H3,(H,21,27). The minimum atomic E-state index is -0.435. The Morgan fingerprint density at radius 1 is 1.10 bits per heavy atom. The molecule has 164 valence electrons. The number of benzene rings is 1.